The van der Waals surface area contributed by atoms with Crippen molar-refractivity contribution in [3.05, 3.63) is 0 Å². The van der Waals surface area contributed by atoms with Gasteiger partial charge < -0.3 is 4.74 Å². The van der Waals surface area contributed by atoms with Gasteiger partial charge in [-0.25, -0.2) is 4.39 Å². The molecule has 0 bridgehead atoms. The maximum absolute atomic E-state index is 11.9. The standard InChI is InChI=1S/C12H23FO2/c1-9(2)8-12(5,10(3)4)11(14)15-7-6-13/h9-10H,6-8H2,1-5H3. The molecule has 0 saturated heterocycles. The van der Waals surface area contributed by atoms with Crippen molar-refractivity contribution in [2.75, 3.05) is 13.3 Å². The lowest BCUT2D eigenvalue weighted by Gasteiger charge is -2.32. The molecule has 0 radical (unpaired) electrons. The number of esters is 1. The van der Waals surface area contributed by atoms with Crippen molar-refractivity contribution < 1.29 is 13.9 Å². The number of hydrogen-bond acceptors (Lipinski definition) is 2. The fourth-order valence-electron chi connectivity index (χ4n) is 1.70. The molecule has 0 spiro atoms. The molecule has 0 aromatic carbocycles. The van der Waals surface area contributed by atoms with Gasteiger partial charge >= 0.3 is 5.97 Å². The first-order valence-electron chi connectivity index (χ1n) is 5.57. The second kappa shape index (κ2) is 6.09. The summed E-state index contributed by atoms with van der Waals surface area (Å²) in [5, 5.41) is 0. The van der Waals surface area contributed by atoms with E-state index >= 15 is 0 Å². The maximum Gasteiger partial charge on any atom is 0.312 e. The Morgan fingerprint density at radius 3 is 2.20 bits per heavy atom. The number of ether oxygens (including phenoxy) is 1. The van der Waals surface area contributed by atoms with Crippen LogP contribution in [0.4, 0.5) is 4.39 Å². The molecule has 0 aliphatic carbocycles. The van der Waals surface area contributed by atoms with Crippen LogP contribution in [0.1, 0.15) is 41.0 Å². The van der Waals surface area contributed by atoms with Crippen molar-refractivity contribution in [3.8, 4) is 0 Å². The average molecular weight is 218 g/mol. The van der Waals surface area contributed by atoms with Crippen LogP contribution in [0.15, 0.2) is 0 Å². The van der Waals surface area contributed by atoms with E-state index in [0.29, 0.717) is 5.92 Å². The smallest absolute Gasteiger partial charge is 0.312 e. The van der Waals surface area contributed by atoms with Crippen LogP contribution in [0.5, 0.6) is 0 Å². The van der Waals surface area contributed by atoms with Gasteiger partial charge in [-0.05, 0) is 25.2 Å². The maximum atomic E-state index is 11.9. The Hall–Kier alpha value is -0.600. The Morgan fingerprint density at radius 2 is 1.87 bits per heavy atom. The molecular weight excluding hydrogens is 195 g/mol. The van der Waals surface area contributed by atoms with Crippen LogP contribution in [-0.2, 0) is 9.53 Å². The average Bonchev–Trinajstić information content (AvgIpc) is 2.12. The topological polar surface area (TPSA) is 26.3 Å². The highest BCUT2D eigenvalue weighted by molar-refractivity contribution is 5.76. The summed E-state index contributed by atoms with van der Waals surface area (Å²) in [6.45, 7) is 9.31. The summed E-state index contributed by atoms with van der Waals surface area (Å²) in [6.07, 6.45) is 0.774. The lowest BCUT2D eigenvalue weighted by atomic mass is 9.73. The normalized spacial score (nSPS) is 15.5. The fraction of sp³-hybridized carbons (Fsp3) is 0.917. The number of hydrogen-bond donors (Lipinski definition) is 0. The van der Waals surface area contributed by atoms with Gasteiger partial charge in [-0.2, -0.15) is 0 Å². The molecule has 0 aromatic heterocycles. The van der Waals surface area contributed by atoms with Gasteiger partial charge in [-0.3, -0.25) is 4.79 Å². The Morgan fingerprint density at radius 1 is 1.33 bits per heavy atom. The predicted octanol–water partition coefficient (Wildman–Crippen LogP) is 3.21. The zero-order valence-electron chi connectivity index (χ0n) is 10.5. The molecule has 90 valence electrons. The molecule has 1 unspecified atom stereocenters. The minimum atomic E-state index is -0.610. The number of carbonyl (C=O) groups excluding carboxylic acids is 1. The third kappa shape index (κ3) is 4.18. The Bertz CT molecular complexity index is 202. The number of alkyl halides is 1. The first-order valence-corrected chi connectivity index (χ1v) is 5.57. The summed E-state index contributed by atoms with van der Waals surface area (Å²) in [4.78, 5) is 11.8. The molecule has 0 N–H and O–H groups in total. The number of carbonyl (C=O) groups is 1. The minimum Gasteiger partial charge on any atom is -0.462 e. The van der Waals surface area contributed by atoms with E-state index in [0.717, 1.165) is 6.42 Å². The zero-order valence-corrected chi connectivity index (χ0v) is 10.5. The molecule has 0 amide bonds. The molecule has 1 atom stereocenters. The minimum absolute atomic E-state index is 0.126. The van der Waals surface area contributed by atoms with Crippen LogP contribution in [0.25, 0.3) is 0 Å². The lowest BCUT2D eigenvalue weighted by molar-refractivity contribution is -0.159. The van der Waals surface area contributed by atoms with Gasteiger partial charge in [0.2, 0.25) is 0 Å². The van der Waals surface area contributed by atoms with Gasteiger partial charge in [0.05, 0.1) is 5.41 Å². The van der Waals surface area contributed by atoms with Crippen LogP contribution in [-0.4, -0.2) is 19.3 Å². The second-order valence-corrected chi connectivity index (χ2v) is 5.00. The van der Waals surface area contributed by atoms with Crippen molar-refractivity contribution in [2.45, 2.75) is 41.0 Å². The third-order valence-electron chi connectivity index (χ3n) is 2.88. The highest BCUT2D eigenvalue weighted by atomic mass is 19.1. The molecule has 0 fully saturated rings. The summed E-state index contributed by atoms with van der Waals surface area (Å²) < 4.78 is 16.8. The second-order valence-electron chi connectivity index (χ2n) is 5.00. The molecule has 0 aromatic rings. The van der Waals surface area contributed by atoms with Gasteiger partial charge in [0.15, 0.2) is 0 Å². The summed E-state index contributed by atoms with van der Waals surface area (Å²) in [5.41, 5.74) is -0.497. The Kier molecular flexibility index (Phi) is 5.84. The van der Waals surface area contributed by atoms with Gasteiger partial charge in [0.1, 0.15) is 13.3 Å². The molecule has 15 heavy (non-hydrogen) atoms. The van der Waals surface area contributed by atoms with Gasteiger partial charge in [-0.15, -0.1) is 0 Å². The number of rotatable bonds is 6. The van der Waals surface area contributed by atoms with Crippen molar-refractivity contribution in [1.82, 2.24) is 0 Å². The molecular formula is C12H23FO2. The van der Waals surface area contributed by atoms with E-state index in [1.54, 1.807) is 0 Å². The van der Waals surface area contributed by atoms with Crippen LogP contribution in [0.2, 0.25) is 0 Å². The quantitative estimate of drug-likeness (QED) is 0.640. The summed E-state index contributed by atoms with van der Waals surface area (Å²) in [6, 6.07) is 0. The Balaban J connectivity index is 4.55. The molecule has 0 rings (SSSR count). The zero-order chi connectivity index (χ0) is 12.1. The van der Waals surface area contributed by atoms with Crippen LogP contribution in [0.3, 0.4) is 0 Å². The van der Waals surface area contributed by atoms with Gasteiger partial charge in [0.25, 0.3) is 0 Å². The van der Waals surface area contributed by atoms with E-state index < -0.39 is 12.1 Å². The SMILES string of the molecule is CC(C)CC(C)(C(=O)OCCF)C(C)C. The first-order chi connectivity index (χ1) is 6.84. The van der Waals surface area contributed by atoms with E-state index in [4.69, 9.17) is 4.74 Å². The van der Waals surface area contributed by atoms with Gasteiger partial charge in [-0.1, -0.05) is 27.7 Å². The molecule has 0 aliphatic rings. The largest absolute Gasteiger partial charge is 0.462 e. The first kappa shape index (κ1) is 14.4. The molecule has 0 saturated carbocycles. The highest BCUT2D eigenvalue weighted by Crippen LogP contribution is 2.35. The molecule has 3 heteroatoms. The van der Waals surface area contributed by atoms with Crippen LogP contribution < -0.4 is 0 Å². The third-order valence-corrected chi connectivity index (χ3v) is 2.88. The molecule has 2 nitrogen and oxygen atoms in total. The summed E-state index contributed by atoms with van der Waals surface area (Å²) >= 11 is 0. The van der Waals surface area contributed by atoms with E-state index in [-0.39, 0.29) is 18.5 Å². The van der Waals surface area contributed by atoms with Crippen molar-refractivity contribution in [1.29, 1.82) is 0 Å². The van der Waals surface area contributed by atoms with Crippen molar-refractivity contribution in [3.63, 3.8) is 0 Å². The van der Waals surface area contributed by atoms with Crippen molar-refractivity contribution in [2.24, 2.45) is 17.3 Å². The van der Waals surface area contributed by atoms with E-state index in [1.165, 1.54) is 0 Å². The lowest BCUT2D eigenvalue weighted by Crippen LogP contribution is -2.36. The van der Waals surface area contributed by atoms with Crippen molar-refractivity contribution >= 4 is 5.97 Å². The monoisotopic (exact) mass is 218 g/mol. The molecule has 0 heterocycles. The van der Waals surface area contributed by atoms with Crippen LogP contribution >= 0.6 is 0 Å². The predicted molar refractivity (Wildman–Crippen MR) is 59.3 cm³/mol. The summed E-state index contributed by atoms with van der Waals surface area (Å²) in [5.74, 6) is 0.353. The summed E-state index contributed by atoms with van der Waals surface area (Å²) in [7, 11) is 0. The van der Waals surface area contributed by atoms with Crippen LogP contribution in [0, 0.1) is 17.3 Å². The van der Waals surface area contributed by atoms with E-state index in [9.17, 15) is 9.18 Å². The highest BCUT2D eigenvalue weighted by Gasteiger charge is 2.38. The number of halogens is 1. The fourth-order valence-corrected chi connectivity index (χ4v) is 1.70. The van der Waals surface area contributed by atoms with E-state index in [2.05, 4.69) is 13.8 Å². The molecule has 0 aliphatic heterocycles. The van der Waals surface area contributed by atoms with E-state index in [1.807, 2.05) is 20.8 Å². The van der Waals surface area contributed by atoms with Gasteiger partial charge in [0, 0.05) is 0 Å². The Labute approximate surface area is 92.2 Å².